The number of fused-ring (bicyclic) bond motifs is 1. The van der Waals surface area contributed by atoms with Crippen molar-refractivity contribution in [1.82, 2.24) is 35.0 Å². The number of nitrogen functional groups attached to an aromatic ring is 1. The number of nitrogens with one attached hydrogen (secondary N) is 1. The third-order valence-electron chi connectivity index (χ3n) is 4.99. The molecule has 9 nitrogen and oxygen atoms in total. The molecule has 9 heteroatoms. The van der Waals surface area contributed by atoms with E-state index >= 15 is 0 Å². The second kappa shape index (κ2) is 7.44. The number of rotatable bonds is 4. The van der Waals surface area contributed by atoms with Crippen LogP contribution in [-0.2, 0) is 0 Å². The van der Waals surface area contributed by atoms with Crippen LogP contribution in [0.25, 0.3) is 22.3 Å². The van der Waals surface area contributed by atoms with Crippen LogP contribution >= 0.6 is 0 Å². The number of hydrogen-bond acceptors (Lipinski definition) is 8. The lowest BCUT2D eigenvalue weighted by Gasteiger charge is -2.23. The van der Waals surface area contributed by atoms with Gasteiger partial charge in [-0.15, -0.1) is 0 Å². The quantitative estimate of drug-likeness (QED) is 0.548. The number of aromatic nitrogens is 6. The van der Waals surface area contributed by atoms with Crippen molar-refractivity contribution in [2.24, 2.45) is 0 Å². The Morgan fingerprint density at radius 3 is 2.66 bits per heavy atom. The topological polar surface area (TPSA) is 117 Å². The standard InChI is InChI=1S/C20H20N8O/c21-18-16-17(13-9-23-20(24-10-13)29-15-6-2-1-3-7-15)27-28(19(16)26-12-25-18)14-5-4-8-22-11-14/h1-3,6-7,9-10,12,14,22H,4-5,8,11H2,(H2,21,25,26)/t14-/m1/s1. The largest absolute Gasteiger partial charge is 0.424 e. The fraction of sp³-hybridized carbons (Fsp3) is 0.250. The highest BCUT2D eigenvalue weighted by Gasteiger charge is 2.23. The Morgan fingerprint density at radius 2 is 1.90 bits per heavy atom. The maximum atomic E-state index is 6.18. The van der Waals surface area contributed by atoms with Gasteiger partial charge in [-0.1, -0.05) is 18.2 Å². The summed E-state index contributed by atoms with van der Waals surface area (Å²) in [5.74, 6) is 1.07. The normalized spacial score (nSPS) is 16.8. The third-order valence-corrected chi connectivity index (χ3v) is 4.99. The predicted octanol–water partition coefficient (Wildman–Crippen LogP) is 2.58. The monoisotopic (exact) mass is 388 g/mol. The van der Waals surface area contributed by atoms with E-state index in [0.717, 1.165) is 42.5 Å². The summed E-state index contributed by atoms with van der Waals surface area (Å²) in [7, 11) is 0. The summed E-state index contributed by atoms with van der Waals surface area (Å²) in [6.45, 7) is 1.87. The summed E-state index contributed by atoms with van der Waals surface area (Å²) in [6, 6.07) is 9.90. The van der Waals surface area contributed by atoms with Gasteiger partial charge < -0.3 is 15.8 Å². The molecule has 0 saturated carbocycles. The van der Waals surface area contributed by atoms with Gasteiger partial charge in [0.2, 0.25) is 0 Å². The van der Waals surface area contributed by atoms with Crippen LogP contribution in [0.1, 0.15) is 18.9 Å². The zero-order chi connectivity index (χ0) is 19.6. The summed E-state index contributed by atoms with van der Waals surface area (Å²) in [5.41, 5.74) is 8.32. The van der Waals surface area contributed by atoms with Gasteiger partial charge in [-0.05, 0) is 31.5 Å². The van der Waals surface area contributed by atoms with Crippen LogP contribution in [-0.4, -0.2) is 42.8 Å². The van der Waals surface area contributed by atoms with Crippen LogP contribution in [0.5, 0.6) is 11.8 Å². The van der Waals surface area contributed by atoms with E-state index in [-0.39, 0.29) is 12.1 Å². The second-order valence-corrected chi connectivity index (χ2v) is 6.92. The molecule has 1 fully saturated rings. The van der Waals surface area contributed by atoms with E-state index in [2.05, 4.69) is 25.3 Å². The minimum Gasteiger partial charge on any atom is -0.424 e. The first-order chi connectivity index (χ1) is 14.3. The van der Waals surface area contributed by atoms with Crippen molar-refractivity contribution in [2.45, 2.75) is 18.9 Å². The predicted molar refractivity (Wildman–Crippen MR) is 108 cm³/mol. The maximum Gasteiger partial charge on any atom is 0.321 e. The van der Waals surface area contributed by atoms with Gasteiger partial charge in [0.1, 0.15) is 23.6 Å². The number of nitrogens with zero attached hydrogens (tertiary/aromatic N) is 6. The lowest BCUT2D eigenvalue weighted by Crippen LogP contribution is -2.32. The Bertz CT molecular complexity index is 1120. The molecule has 146 valence electrons. The molecular weight excluding hydrogens is 368 g/mol. The molecule has 5 rings (SSSR count). The van der Waals surface area contributed by atoms with Crippen LogP contribution in [0.3, 0.4) is 0 Å². The lowest BCUT2D eigenvalue weighted by molar-refractivity contribution is 0.354. The van der Waals surface area contributed by atoms with Crippen LogP contribution in [0.15, 0.2) is 49.1 Å². The van der Waals surface area contributed by atoms with Crippen molar-refractivity contribution in [2.75, 3.05) is 18.8 Å². The molecule has 0 amide bonds. The molecule has 1 aliphatic rings. The second-order valence-electron chi connectivity index (χ2n) is 6.92. The average molecular weight is 388 g/mol. The van der Waals surface area contributed by atoms with Crippen molar-refractivity contribution in [3.8, 4) is 23.0 Å². The third kappa shape index (κ3) is 3.36. The molecule has 4 heterocycles. The van der Waals surface area contributed by atoms with Gasteiger partial charge in [0.15, 0.2) is 5.65 Å². The average Bonchev–Trinajstić information content (AvgIpc) is 3.17. The van der Waals surface area contributed by atoms with E-state index in [1.54, 1.807) is 12.4 Å². The van der Waals surface area contributed by atoms with Gasteiger partial charge in [0.05, 0.1) is 11.4 Å². The van der Waals surface area contributed by atoms with E-state index in [4.69, 9.17) is 15.6 Å². The highest BCUT2D eigenvalue weighted by atomic mass is 16.5. The zero-order valence-electron chi connectivity index (χ0n) is 15.7. The number of nitrogens with two attached hydrogens (primary N) is 1. The van der Waals surface area contributed by atoms with Crippen LogP contribution in [0.2, 0.25) is 0 Å². The summed E-state index contributed by atoms with van der Waals surface area (Å²) in [4.78, 5) is 17.3. The number of hydrogen-bond donors (Lipinski definition) is 2. The molecule has 3 N–H and O–H groups in total. The molecule has 29 heavy (non-hydrogen) atoms. The van der Waals surface area contributed by atoms with Crippen molar-refractivity contribution < 1.29 is 4.74 Å². The van der Waals surface area contributed by atoms with Gasteiger partial charge in [-0.25, -0.2) is 24.6 Å². The Labute approximate surface area is 167 Å². The number of ether oxygens (including phenoxy) is 1. The smallest absolute Gasteiger partial charge is 0.321 e. The Balaban J connectivity index is 1.52. The number of benzene rings is 1. The highest BCUT2D eigenvalue weighted by molar-refractivity contribution is 5.98. The molecule has 0 radical (unpaired) electrons. The molecule has 1 aromatic carbocycles. The van der Waals surface area contributed by atoms with Gasteiger partial charge >= 0.3 is 6.01 Å². The van der Waals surface area contributed by atoms with Crippen LogP contribution in [0.4, 0.5) is 5.82 Å². The first-order valence-corrected chi connectivity index (χ1v) is 9.54. The van der Waals surface area contributed by atoms with Crippen molar-refractivity contribution in [3.05, 3.63) is 49.1 Å². The molecule has 1 aliphatic heterocycles. The van der Waals surface area contributed by atoms with Crippen LogP contribution < -0.4 is 15.8 Å². The van der Waals surface area contributed by atoms with E-state index < -0.39 is 0 Å². The van der Waals surface area contributed by atoms with Crippen molar-refractivity contribution in [3.63, 3.8) is 0 Å². The summed E-state index contributed by atoms with van der Waals surface area (Å²) in [5, 5.41) is 8.97. The SMILES string of the molecule is Nc1ncnc2c1c(-c1cnc(Oc3ccccc3)nc1)nn2[C@@H]1CCCNC1. The molecule has 0 unspecified atom stereocenters. The Morgan fingerprint density at radius 1 is 1.07 bits per heavy atom. The maximum absolute atomic E-state index is 6.18. The first kappa shape index (κ1) is 17.5. The van der Waals surface area contributed by atoms with E-state index in [0.29, 0.717) is 17.3 Å². The number of piperidine rings is 1. The van der Waals surface area contributed by atoms with Crippen molar-refractivity contribution >= 4 is 16.9 Å². The fourth-order valence-electron chi connectivity index (χ4n) is 3.58. The summed E-state index contributed by atoms with van der Waals surface area (Å²) in [6.07, 6.45) is 6.97. The van der Waals surface area contributed by atoms with Gasteiger partial charge in [-0.3, -0.25) is 0 Å². The van der Waals surface area contributed by atoms with Gasteiger partial charge in [-0.2, -0.15) is 5.10 Å². The number of para-hydroxylation sites is 1. The molecule has 4 aromatic rings. The lowest BCUT2D eigenvalue weighted by atomic mass is 10.1. The van der Waals surface area contributed by atoms with Crippen LogP contribution in [0, 0.1) is 0 Å². The highest BCUT2D eigenvalue weighted by Crippen LogP contribution is 2.32. The van der Waals surface area contributed by atoms with Gasteiger partial charge in [0.25, 0.3) is 0 Å². The Hall–Kier alpha value is -3.59. The minimum atomic E-state index is 0.218. The molecule has 0 spiro atoms. The molecule has 0 bridgehead atoms. The van der Waals surface area contributed by atoms with E-state index in [1.807, 2.05) is 35.0 Å². The zero-order valence-corrected chi connectivity index (χ0v) is 15.7. The molecule has 3 aromatic heterocycles. The van der Waals surface area contributed by atoms with E-state index in [9.17, 15) is 0 Å². The Kier molecular flexibility index (Phi) is 4.49. The fourth-order valence-corrected chi connectivity index (χ4v) is 3.58. The first-order valence-electron chi connectivity index (χ1n) is 9.54. The molecule has 1 saturated heterocycles. The molecular formula is C20H20N8O. The molecule has 1 atom stereocenters. The van der Waals surface area contributed by atoms with E-state index in [1.165, 1.54) is 6.33 Å². The summed E-state index contributed by atoms with van der Waals surface area (Å²) >= 11 is 0. The molecule has 0 aliphatic carbocycles. The van der Waals surface area contributed by atoms with Gasteiger partial charge in [0, 0.05) is 24.5 Å². The number of anilines is 1. The summed E-state index contributed by atoms with van der Waals surface area (Å²) < 4.78 is 7.62. The minimum absolute atomic E-state index is 0.218. The van der Waals surface area contributed by atoms with Crippen molar-refractivity contribution in [1.29, 1.82) is 0 Å².